The molecule has 0 fully saturated rings. The highest BCUT2D eigenvalue weighted by molar-refractivity contribution is 7.47. The van der Waals surface area contributed by atoms with E-state index in [0.717, 1.165) is 71.3 Å². The first kappa shape index (κ1) is 47.5. The number of phosphoric ester groups is 1. The summed E-state index contributed by atoms with van der Waals surface area (Å²) in [7, 11) is -3.20. The molecule has 288 valence electrons. The van der Waals surface area contributed by atoms with E-state index < -0.39 is 26.5 Å². The summed E-state index contributed by atoms with van der Waals surface area (Å²) in [5.74, 6) is -0.814. The number of carbonyl (C=O) groups is 2. The fraction of sp³-hybridized carbons (Fsp3) is 0.850. The van der Waals surface area contributed by atoms with Gasteiger partial charge in [-0.2, -0.15) is 0 Å². The Hall–Kier alpha value is -1.47. The zero-order chi connectivity index (χ0) is 36.1. The van der Waals surface area contributed by atoms with Crippen molar-refractivity contribution in [3.05, 3.63) is 24.3 Å². The van der Waals surface area contributed by atoms with E-state index in [2.05, 4.69) is 42.7 Å². The first-order valence-corrected chi connectivity index (χ1v) is 21.5. The largest absolute Gasteiger partial charge is 0.472 e. The van der Waals surface area contributed by atoms with Gasteiger partial charge in [-0.1, -0.05) is 167 Å². The number of allylic oxidation sites excluding steroid dienone is 4. The van der Waals surface area contributed by atoms with Gasteiger partial charge in [-0.25, -0.2) is 4.57 Å². The van der Waals surface area contributed by atoms with Crippen LogP contribution in [0.4, 0.5) is 0 Å². The normalized spacial score (nSPS) is 13.6. The molecule has 0 aromatic heterocycles. The van der Waals surface area contributed by atoms with Gasteiger partial charge in [0.25, 0.3) is 0 Å². The summed E-state index contributed by atoms with van der Waals surface area (Å²) >= 11 is 0. The maximum absolute atomic E-state index is 12.5. The van der Waals surface area contributed by atoms with Crippen molar-refractivity contribution in [3.63, 3.8) is 0 Å². The summed E-state index contributed by atoms with van der Waals surface area (Å²) < 4.78 is 31.9. The molecule has 0 rings (SSSR count). The van der Waals surface area contributed by atoms with E-state index in [1.807, 2.05) is 0 Å². The minimum atomic E-state index is -4.26. The fourth-order valence-corrected chi connectivity index (χ4v) is 6.02. The highest BCUT2D eigenvalue weighted by atomic mass is 31.2. The summed E-state index contributed by atoms with van der Waals surface area (Å²) in [5, 5.41) is 0. The van der Waals surface area contributed by atoms with Crippen molar-refractivity contribution < 1.29 is 37.6 Å². The smallest absolute Gasteiger partial charge is 0.462 e. The van der Waals surface area contributed by atoms with Crippen molar-refractivity contribution >= 4 is 19.8 Å². The number of esters is 2. The Morgan fingerprint density at radius 3 is 1.49 bits per heavy atom. The fourth-order valence-electron chi connectivity index (χ4n) is 5.56. The molecule has 8 nitrogen and oxygen atoms in total. The summed E-state index contributed by atoms with van der Waals surface area (Å²) in [6, 6.07) is 0. The van der Waals surface area contributed by atoms with Crippen molar-refractivity contribution in [1.82, 2.24) is 0 Å². The second kappa shape index (κ2) is 36.3. The molecule has 0 radical (unpaired) electrons. The summed E-state index contributed by atoms with van der Waals surface area (Å²) in [6.45, 7) is 3.84. The van der Waals surface area contributed by atoms with Gasteiger partial charge in [0.15, 0.2) is 6.10 Å². The Balaban J connectivity index is 4.02. The Labute approximate surface area is 301 Å². The molecular formula is C40H75O8P. The van der Waals surface area contributed by atoms with Crippen molar-refractivity contribution in [2.45, 2.75) is 200 Å². The predicted molar refractivity (Wildman–Crippen MR) is 203 cm³/mol. The van der Waals surface area contributed by atoms with Gasteiger partial charge in [0.1, 0.15) is 6.61 Å². The van der Waals surface area contributed by atoms with Crippen LogP contribution in [-0.4, -0.2) is 43.3 Å². The molecule has 0 aromatic rings. The molecule has 0 aliphatic heterocycles. The van der Waals surface area contributed by atoms with Crippen LogP contribution >= 0.6 is 7.82 Å². The topological polar surface area (TPSA) is 108 Å². The van der Waals surface area contributed by atoms with E-state index >= 15 is 0 Å². The molecule has 49 heavy (non-hydrogen) atoms. The van der Waals surface area contributed by atoms with Crippen LogP contribution in [0.3, 0.4) is 0 Å². The summed E-state index contributed by atoms with van der Waals surface area (Å²) in [5.41, 5.74) is 0. The van der Waals surface area contributed by atoms with Gasteiger partial charge < -0.3 is 14.4 Å². The highest BCUT2D eigenvalue weighted by Gasteiger charge is 2.24. The van der Waals surface area contributed by atoms with Gasteiger partial charge in [-0.15, -0.1) is 0 Å². The number of phosphoric acid groups is 1. The van der Waals surface area contributed by atoms with E-state index in [-0.39, 0.29) is 19.0 Å². The highest BCUT2D eigenvalue weighted by Crippen LogP contribution is 2.42. The zero-order valence-corrected chi connectivity index (χ0v) is 32.7. The molecule has 1 N–H and O–H groups in total. The quantitative estimate of drug-likeness (QED) is 0.0293. The van der Waals surface area contributed by atoms with Crippen LogP contribution in [0.1, 0.15) is 194 Å². The third-order valence-corrected chi connectivity index (χ3v) is 9.64. The molecule has 2 atom stereocenters. The summed E-state index contributed by atoms with van der Waals surface area (Å²) in [6.07, 6.45) is 39.4. The standard InChI is InChI=1S/C40H75O8P/c1-4-6-8-10-12-14-16-18-20-21-23-24-26-28-30-32-34-39(41)46-36-38(37-47-49(43,44)45-3)48-40(42)35-33-31-29-27-25-22-19-17-15-13-11-9-7-5-2/h11,13,17,19,38H,4-10,12,14-16,18,20-37H2,1-3H3,(H,43,44)/b13-11-,19-17-. The maximum Gasteiger partial charge on any atom is 0.472 e. The number of carbonyl (C=O) groups excluding carboxylic acids is 2. The van der Waals surface area contributed by atoms with Gasteiger partial charge in [0.2, 0.25) is 0 Å². The minimum Gasteiger partial charge on any atom is -0.462 e. The Morgan fingerprint density at radius 2 is 1.00 bits per heavy atom. The number of rotatable bonds is 37. The SMILES string of the molecule is CCCC/C=C\C/C=C\CCCCCCCC(=O)OC(COC(=O)CCCCCCCCCCCCCCCCCC)COP(=O)(O)OC. The lowest BCUT2D eigenvalue weighted by Gasteiger charge is -2.19. The molecule has 0 aliphatic carbocycles. The second-order valence-corrected chi connectivity index (χ2v) is 15.0. The van der Waals surface area contributed by atoms with E-state index in [1.54, 1.807) is 0 Å². The van der Waals surface area contributed by atoms with Crippen LogP contribution in [-0.2, 0) is 32.7 Å². The molecule has 0 aliphatic rings. The minimum absolute atomic E-state index is 0.227. The van der Waals surface area contributed by atoms with Crippen molar-refractivity contribution in [2.24, 2.45) is 0 Å². The van der Waals surface area contributed by atoms with Crippen LogP contribution in [0, 0.1) is 0 Å². The molecular weight excluding hydrogens is 639 g/mol. The Kier molecular flexibility index (Phi) is 35.2. The van der Waals surface area contributed by atoms with Crippen molar-refractivity contribution in [3.8, 4) is 0 Å². The summed E-state index contributed by atoms with van der Waals surface area (Å²) in [4.78, 5) is 34.4. The molecule has 2 unspecified atom stereocenters. The molecule has 0 amide bonds. The number of hydrogen-bond acceptors (Lipinski definition) is 7. The van der Waals surface area contributed by atoms with Gasteiger partial charge in [-0.05, 0) is 38.5 Å². The van der Waals surface area contributed by atoms with E-state index in [9.17, 15) is 19.0 Å². The average Bonchev–Trinajstić information content (AvgIpc) is 3.09. The van der Waals surface area contributed by atoms with Crippen molar-refractivity contribution in [1.29, 1.82) is 0 Å². The molecule has 9 heteroatoms. The lowest BCUT2D eigenvalue weighted by molar-refractivity contribution is -0.161. The number of ether oxygens (including phenoxy) is 2. The zero-order valence-electron chi connectivity index (χ0n) is 31.9. The predicted octanol–water partition coefficient (Wildman–Crippen LogP) is 12.3. The van der Waals surface area contributed by atoms with Crippen LogP contribution in [0.15, 0.2) is 24.3 Å². The molecule has 0 bridgehead atoms. The third kappa shape index (κ3) is 36.1. The van der Waals surface area contributed by atoms with Gasteiger partial charge in [-0.3, -0.25) is 18.6 Å². The van der Waals surface area contributed by atoms with Crippen molar-refractivity contribution in [2.75, 3.05) is 20.3 Å². The van der Waals surface area contributed by atoms with Crippen LogP contribution in [0.2, 0.25) is 0 Å². The first-order valence-electron chi connectivity index (χ1n) is 20.0. The molecule has 0 saturated carbocycles. The molecule has 0 heterocycles. The average molecular weight is 715 g/mol. The maximum atomic E-state index is 12.5. The van der Waals surface area contributed by atoms with Gasteiger partial charge in [0.05, 0.1) is 6.61 Å². The van der Waals surface area contributed by atoms with Crippen LogP contribution < -0.4 is 0 Å². The number of hydrogen-bond donors (Lipinski definition) is 1. The molecule has 0 spiro atoms. The molecule has 0 saturated heterocycles. The van der Waals surface area contributed by atoms with Gasteiger partial charge >= 0.3 is 19.8 Å². The van der Waals surface area contributed by atoms with E-state index in [1.165, 1.54) is 96.3 Å². The van der Waals surface area contributed by atoms with E-state index in [4.69, 9.17) is 14.0 Å². The Bertz CT molecular complexity index is 859. The number of unbranched alkanes of at least 4 members (excludes halogenated alkanes) is 22. The second-order valence-electron chi connectivity index (χ2n) is 13.4. The van der Waals surface area contributed by atoms with Crippen LogP contribution in [0.5, 0.6) is 0 Å². The lowest BCUT2D eigenvalue weighted by Crippen LogP contribution is -2.29. The van der Waals surface area contributed by atoms with E-state index in [0.29, 0.717) is 12.8 Å². The first-order chi connectivity index (χ1) is 23.8. The molecule has 0 aromatic carbocycles. The third-order valence-electron chi connectivity index (χ3n) is 8.70. The Morgan fingerprint density at radius 1 is 0.571 bits per heavy atom. The van der Waals surface area contributed by atoms with Crippen LogP contribution in [0.25, 0.3) is 0 Å². The van der Waals surface area contributed by atoms with Gasteiger partial charge in [0, 0.05) is 20.0 Å². The monoisotopic (exact) mass is 715 g/mol. The lowest BCUT2D eigenvalue weighted by atomic mass is 10.0.